The lowest BCUT2D eigenvalue weighted by Crippen LogP contribution is -1.95. The molecule has 0 aliphatic rings. The van der Waals surface area contributed by atoms with Gasteiger partial charge in [0.1, 0.15) is 22.2 Å². The minimum atomic E-state index is -0.462. The molecule has 8 nitrogen and oxygen atoms in total. The Kier molecular flexibility index (Phi) is 5.07. The summed E-state index contributed by atoms with van der Waals surface area (Å²) in [4.78, 5) is 26.2. The molecule has 0 aliphatic heterocycles. The van der Waals surface area contributed by atoms with Crippen LogP contribution in [0.4, 0.5) is 11.4 Å². The number of nitriles is 1. The lowest BCUT2D eigenvalue weighted by Gasteiger charge is -2.03. The molecule has 2 heterocycles. The maximum absolute atomic E-state index is 11.3. The van der Waals surface area contributed by atoms with E-state index in [2.05, 4.69) is 16.4 Å². The van der Waals surface area contributed by atoms with Gasteiger partial charge in [-0.3, -0.25) is 10.1 Å². The molecule has 0 unspecified atom stereocenters. The summed E-state index contributed by atoms with van der Waals surface area (Å²) >= 11 is 1.27. The molecular weight excluding hydrogens is 404 g/mol. The number of nitro groups is 1. The number of rotatable bonds is 5. The van der Waals surface area contributed by atoms with Gasteiger partial charge in [-0.2, -0.15) is 5.26 Å². The normalized spacial score (nSPS) is 11.2. The van der Waals surface area contributed by atoms with Gasteiger partial charge in [0.05, 0.1) is 10.6 Å². The van der Waals surface area contributed by atoms with Crippen LogP contribution in [0.3, 0.4) is 0 Å². The predicted molar refractivity (Wildman–Crippen MR) is 114 cm³/mol. The first-order valence-electron chi connectivity index (χ1n) is 8.65. The maximum Gasteiger partial charge on any atom is 0.336 e. The van der Waals surface area contributed by atoms with Crippen LogP contribution in [0.5, 0.6) is 0 Å². The lowest BCUT2D eigenvalue weighted by atomic mass is 10.1. The SMILES string of the molecule is N#C/C(=C\Nc1ccc2oc(=O)ccc2c1)c1nc(-c2cccc([N+](=O)[O-])c2)cs1. The van der Waals surface area contributed by atoms with Crippen molar-refractivity contribution in [3.8, 4) is 17.3 Å². The summed E-state index contributed by atoms with van der Waals surface area (Å²) in [6, 6.07) is 16.5. The lowest BCUT2D eigenvalue weighted by molar-refractivity contribution is -0.384. The summed E-state index contributed by atoms with van der Waals surface area (Å²) in [6.07, 6.45) is 1.54. The third-order valence-corrected chi connectivity index (χ3v) is 5.09. The molecule has 1 N–H and O–H groups in total. The number of fused-ring (bicyclic) bond motifs is 1. The van der Waals surface area contributed by atoms with Crippen LogP contribution in [0.2, 0.25) is 0 Å². The number of anilines is 1. The van der Waals surface area contributed by atoms with Crippen LogP contribution in [-0.2, 0) is 0 Å². The molecule has 0 amide bonds. The van der Waals surface area contributed by atoms with Crippen molar-refractivity contribution in [2.24, 2.45) is 0 Å². The fourth-order valence-electron chi connectivity index (χ4n) is 2.77. The number of nitro benzene ring substituents is 1. The first kappa shape index (κ1) is 19.0. The van der Waals surface area contributed by atoms with Crippen molar-refractivity contribution in [3.63, 3.8) is 0 Å². The summed E-state index contributed by atoms with van der Waals surface area (Å²) in [5.74, 6) is 0. The first-order chi connectivity index (χ1) is 14.5. The Balaban J connectivity index is 1.59. The second-order valence-corrected chi connectivity index (χ2v) is 7.02. The van der Waals surface area contributed by atoms with Crippen LogP contribution in [0.1, 0.15) is 5.01 Å². The Morgan fingerprint density at radius 2 is 2.10 bits per heavy atom. The molecule has 2 aromatic carbocycles. The smallest absolute Gasteiger partial charge is 0.336 e. The van der Waals surface area contributed by atoms with Gasteiger partial charge in [0, 0.05) is 46.4 Å². The molecule has 4 aromatic rings. The third-order valence-electron chi connectivity index (χ3n) is 4.21. The van der Waals surface area contributed by atoms with E-state index in [9.17, 15) is 20.2 Å². The molecule has 30 heavy (non-hydrogen) atoms. The quantitative estimate of drug-likeness (QED) is 0.214. The van der Waals surface area contributed by atoms with Crippen LogP contribution in [0, 0.1) is 21.4 Å². The zero-order valence-corrected chi connectivity index (χ0v) is 16.1. The molecule has 0 bridgehead atoms. The molecular formula is C21H12N4O4S. The Morgan fingerprint density at radius 3 is 2.90 bits per heavy atom. The molecule has 146 valence electrons. The molecule has 9 heteroatoms. The highest BCUT2D eigenvalue weighted by Crippen LogP contribution is 2.28. The Bertz CT molecular complexity index is 1400. The number of allylic oxidation sites excluding steroid dienone is 1. The minimum absolute atomic E-state index is 0.0214. The fourth-order valence-corrected chi connectivity index (χ4v) is 3.56. The van der Waals surface area contributed by atoms with E-state index in [4.69, 9.17) is 4.42 Å². The minimum Gasteiger partial charge on any atom is -0.423 e. The first-order valence-corrected chi connectivity index (χ1v) is 9.53. The van der Waals surface area contributed by atoms with Gasteiger partial charge in [-0.15, -0.1) is 11.3 Å². The van der Waals surface area contributed by atoms with Crippen molar-refractivity contribution in [1.29, 1.82) is 5.26 Å². The van der Waals surface area contributed by atoms with E-state index in [1.165, 1.54) is 35.7 Å². The van der Waals surface area contributed by atoms with E-state index in [0.717, 1.165) is 5.39 Å². The zero-order chi connectivity index (χ0) is 21.1. The average Bonchev–Trinajstić information content (AvgIpc) is 3.24. The highest BCUT2D eigenvalue weighted by atomic mass is 32.1. The van der Waals surface area contributed by atoms with Gasteiger partial charge in [-0.25, -0.2) is 9.78 Å². The maximum atomic E-state index is 11.3. The van der Waals surface area contributed by atoms with Crippen LogP contribution < -0.4 is 10.9 Å². The van der Waals surface area contributed by atoms with E-state index in [1.807, 2.05) is 0 Å². The molecule has 0 fully saturated rings. The Hall–Kier alpha value is -4.29. The van der Waals surface area contributed by atoms with E-state index >= 15 is 0 Å². The largest absolute Gasteiger partial charge is 0.423 e. The van der Waals surface area contributed by atoms with Gasteiger partial charge >= 0.3 is 5.63 Å². The molecule has 0 spiro atoms. The van der Waals surface area contributed by atoms with Gasteiger partial charge in [0.15, 0.2) is 0 Å². The second kappa shape index (κ2) is 7.98. The molecule has 0 saturated heterocycles. The van der Waals surface area contributed by atoms with Crippen LogP contribution in [-0.4, -0.2) is 9.91 Å². The van der Waals surface area contributed by atoms with Crippen LogP contribution >= 0.6 is 11.3 Å². The molecule has 0 atom stereocenters. The topological polar surface area (TPSA) is 122 Å². The number of aromatic nitrogens is 1. The third kappa shape index (κ3) is 3.94. The van der Waals surface area contributed by atoms with Gasteiger partial charge in [-0.1, -0.05) is 12.1 Å². The van der Waals surface area contributed by atoms with Gasteiger partial charge in [0.25, 0.3) is 5.69 Å². The Labute approximate surface area is 173 Å². The highest BCUT2D eigenvalue weighted by Gasteiger charge is 2.12. The summed E-state index contributed by atoms with van der Waals surface area (Å²) in [5.41, 5.74) is 2.22. The predicted octanol–water partition coefficient (Wildman–Crippen LogP) is 4.80. The van der Waals surface area contributed by atoms with Crippen molar-refractivity contribution in [3.05, 3.63) is 91.7 Å². The standard InChI is InChI=1S/C21H12N4O4S/c22-10-15(11-23-16-5-6-19-14(8-16)4-7-20(26)29-19)21-24-18(12-30-21)13-2-1-3-17(9-13)25(27)28/h1-9,11-12,23H/b15-11+. The van der Waals surface area contributed by atoms with Gasteiger partial charge < -0.3 is 9.73 Å². The van der Waals surface area contributed by atoms with Crippen LogP contribution in [0.25, 0.3) is 27.8 Å². The van der Waals surface area contributed by atoms with Crippen molar-refractivity contribution in [2.45, 2.75) is 0 Å². The number of hydrogen-bond donors (Lipinski definition) is 1. The summed E-state index contributed by atoms with van der Waals surface area (Å²) < 4.78 is 5.10. The summed E-state index contributed by atoms with van der Waals surface area (Å²) in [6.45, 7) is 0. The second-order valence-electron chi connectivity index (χ2n) is 6.17. The summed E-state index contributed by atoms with van der Waals surface area (Å²) in [5, 5.41) is 26.5. The molecule has 0 saturated carbocycles. The zero-order valence-electron chi connectivity index (χ0n) is 15.2. The molecule has 4 rings (SSSR count). The van der Waals surface area contributed by atoms with Crippen LogP contribution in [0.15, 0.2) is 75.4 Å². The van der Waals surface area contributed by atoms with Gasteiger partial charge in [0.2, 0.25) is 0 Å². The molecule has 0 radical (unpaired) electrons. The average molecular weight is 416 g/mol. The monoisotopic (exact) mass is 416 g/mol. The van der Waals surface area contributed by atoms with E-state index in [1.54, 1.807) is 41.8 Å². The Morgan fingerprint density at radius 1 is 1.23 bits per heavy atom. The van der Waals surface area contributed by atoms with Crippen molar-refractivity contribution in [2.75, 3.05) is 5.32 Å². The molecule has 0 aliphatic carbocycles. The van der Waals surface area contributed by atoms with Gasteiger partial charge in [-0.05, 0) is 24.3 Å². The van der Waals surface area contributed by atoms with Crippen molar-refractivity contribution >= 4 is 39.3 Å². The van der Waals surface area contributed by atoms with Crippen molar-refractivity contribution in [1.82, 2.24) is 4.98 Å². The number of benzene rings is 2. The van der Waals surface area contributed by atoms with E-state index in [-0.39, 0.29) is 5.69 Å². The van der Waals surface area contributed by atoms with Crippen molar-refractivity contribution < 1.29 is 9.34 Å². The fraction of sp³-hybridized carbons (Fsp3) is 0. The number of nitrogens with one attached hydrogen (secondary N) is 1. The highest BCUT2D eigenvalue weighted by molar-refractivity contribution is 7.11. The number of hydrogen-bond acceptors (Lipinski definition) is 8. The van der Waals surface area contributed by atoms with E-state index < -0.39 is 10.5 Å². The summed E-state index contributed by atoms with van der Waals surface area (Å²) in [7, 11) is 0. The number of thiazole rings is 1. The number of nitrogens with zero attached hydrogens (tertiary/aromatic N) is 3. The van der Waals surface area contributed by atoms with E-state index in [0.29, 0.717) is 33.1 Å². The number of non-ortho nitro benzene ring substituents is 1. The molecule has 2 aromatic heterocycles.